The van der Waals surface area contributed by atoms with Crippen molar-refractivity contribution in [1.29, 1.82) is 0 Å². The van der Waals surface area contributed by atoms with Gasteiger partial charge in [-0.25, -0.2) is 0 Å². The molecule has 1 aliphatic rings. The van der Waals surface area contributed by atoms with Gasteiger partial charge in [-0.15, -0.1) is 0 Å². The van der Waals surface area contributed by atoms with Crippen molar-refractivity contribution in [3.63, 3.8) is 0 Å². The lowest BCUT2D eigenvalue weighted by Gasteiger charge is -2.22. The molecular formula is C8H17F. The SMILES string of the molecule is CC1CCC(C)CC1.F. The minimum absolute atomic E-state index is 0. The Kier molecular flexibility index (Phi) is 3.83. The molecule has 0 saturated heterocycles. The van der Waals surface area contributed by atoms with Gasteiger partial charge in [0.25, 0.3) is 0 Å². The second-order valence-electron chi connectivity index (χ2n) is 3.37. The Morgan fingerprint density at radius 3 is 1.22 bits per heavy atom. The van der Waals surface area contributed by atoms with Gasteiger partial charge >= 0.3 is 0 Å². The highest BCUT2D eigenvalue weighted by atomic mass is 19.0. The molecule has 0 bridgehead atoms. The van der Waals surface area contributed by atoms with Gasteiger partial charge in [0.2, 0.25) is 0 Å². The summed E-state index contributed by atoms with van der Waals surface area (Å²) in [4.78, 5) is 0. The Balaban J connectivity index is 0.000000640. The molecule has 0 aliphatic heterocycles. The number of rotatable bonds is 0. The quantitative estimate of drug-likeness (QED) is 0.475. The summed E-state index contributed by atoms with van der Waals surface area (Å²) in [6.45, 7) is 4.73. The van der Waals surface area contributed by atoms with Crippen LogP contribution in [0.2, 0.25) is 0 Å². The first-order valence-corrected chi connectivity index (χ1v) is 3.79. The van der Waals surface area contributed by atoms with Crippen LogP contribution in [0.3, 0.4) is 0 Å². The molecule has 1 fully saturated rings. The van der Waals surface area contributed by atoms with E-state index < -0.39 is 0 Å². The number of halogens is 1. The van der Waals surface area contributed by atoms with Crippen LogP contribution in [0.25, 0.3) is 0 Å². The van der Waals surface area contributed by atoms with Crippen LogP contribution in [-0.2, 0) is 0 Å². The Bertz CT molecular complexity index is 53.0. The third-order valence-electron chi connectivity index (χ3n) is 2.30. The summed E-state index contributed by atoms with van der Waals surface area (Å²) in [5, 5.41) is 0. The Labute approximate surface area is 57.0 Å². The van der Waals surface area contributed by atoms with Gasteiger partial charge in [0.1, 0.15) is 0 Å². The summed E-state index contributed by atoms with van der Waals surface area (Å²) in [6.07, 6.45) is 5.89. The molecule has 0 heterocycles. The summed E-state index contributed by atoms with van der Waals surface area (Å²) in [5.41, 5.74) is 0. The molecule has 9 heavy (non-hydrogen) atoms. The molecule has 0 aromatic carbocycles. The minimum atomic E-state index is 0. The Hall–Kier alpha value is -0.0700. The number of hydrogen-bond donors (Lipinski definition) is 0. The molecular weight excluding hydrogens is 115 g/mol. The molecule has 0 unspecified atom stereocenters. The fourth-order valence-electron chi connectivity index (χ4n) is 1.43. The van der Waals surface area contributed by atoms with Crippen molar-refractivity contribution in [1.82, 2.24) is 0 Å². The van der Waals surface area contributed by atoms with Crippen LogP contribution >= 0.6 is 0 Å². The van der Waals surface area contributed by atoms with Gasteiger partial charge in [0.15, 0.2) is 0 Å². The van der Waals surface area contributed by atoms with E-state index in [9.17, 15) is 0 Å². The summed E-state index contributed by atoms with van der Waals surface area (Å²) in [6, 6.07) is 0. The first-order valence-electron chi connectivity index (χ1n) is 3.79. The van der Waals surface area contributed by atoms with E-state index in [0.717, 1.165) is 11.8 Å². The standard InChI is InChI=1S/C8H16.FH/c1-7-3-5-8(2)6-4-7;/h7-8H,3-6H2,1-2H3;1H. The first-order chi connectivity index (χ1) is 3.79. The van der Waals surface area contributed by atoms with Gasteiger partial charge in [-0.3, -0.25) is 4.70 Å². The fraction of sp³-hybridized carbons (Fsp3) is 1.00. The van der Waals surface area contributed by atoms with Crippen molar-refractivity contribution in [3.05, 3.63) is 0 Å². The van der Waals surface area contributed by atoms with E-state index in [4.69, 9.17) is 0 Å². The van der Waals surface area contributed by atoms with Crippen molar-refractivity contribution in [2.75, 3.05) is 0 Å². The van der Waals surface area contributed by atoms with Crippen LogP contribution in [0.1, 0.15) is 39.5 Å². The Morgan fingerprint density at radius 1 is 0.778 bits per heavy atom. The summed E-state index contributed by atoms with van der Waals surface area (Å²) < 4.78 is 0. The third-order valence-corrected chi connectivity index (χ3v) is 2.30. The second kappa shape index (κ2) is 3.86. The summed E-state index contributed by atoms with van der Waals surface area (Å²) in [5.74, 6) is 2.04. The lowest BCUT2D eigenvalue weighted by atomic mass is 9.84. The average Bonchev–Trinajstić information content (AvgIpc) is 1.77. The lowest BCUT2D eigenvalue weighted by molar-refractivity contribution is 0.308. The molecule has 1 rings (SSSR count). The van der Waals surface area contributed by atoms with E-state index in [0.29, 0.717) is 0 Å². The van der Waals surface area contributed by atoms with Crippen LogP contribution in [0.4, 0.5) is 4.70 Å². The molecule has 56 valence electrons. The average molecular weight is 132 g/mol. The van der Waals surface area contributed by atoms with E-state index in [1.807, 2.05) is 0 Å². The third kappa shape index (κ3) is 2.83. The highest BCUT2D eigenvalue weighted by molar-refractivity contribution is 4.65. The van der Waals surface area contributed by atoms with Gasteiger partial charge in [-0.1, -0.05) is 39.5 Å². The maximum atomic E-state index is 2.37. The van der Waals surface area contributed by atoms with Crippen molar-refractivity contribution in [3.8, 4) is 0 Å². The normalized spacial score (nSPS) is 35.3. The zero-order valence-electron chi connectivity index (χ0n) is 6.39. The summed E-state index contributed by atoms with van der Waals surface area (Å²) >= 11 is 0. The molecule has 1 aliphatic carbocycles. The van der Waals surface area contributed by atoms with Gasteiger partial charge in [0.05, 0.1) is 0 Å². The monoisotopic (exact) mass is 132 g/mol. The molecule has 1 heteroatoms. The van der Waals surface area contributed by atoms with E-state index in [2.05, 4.69) is 13.8 Å². The molecule has 0 N–H and O–H groups in total. The highest BCUT2D eigenvalue weighted by Gasteiger charge is 2.13. The van der Waals surface area contributed by atoms with Gasteiger partial charge in [-0.2, -0.15) is 0 Å². The number of hydrogen-bond acceptors (Lipinski definition) is 0. The summed E-state index contributed by atoms with van der Waals surface area (Å²) in [7, 11) is 0. The van der Waals surface area contributed by atoms with Crippen LogP contribution in [0.15, 0.2) is 0 Å². The predicted octanol–water partition coefficient (Wildman–Crippen LogP) is 2.99. The van der Waals surface area contributed by atoms with Gasteiger partial charge in [0, 0.05) is 0 Å². The molecule has 0 radical (unpaired) electrons. The maximum absolute atomic E-state index is 2.37. The van der Waals surface area contributed by atoms with Crippen molar-refractivity contribution >= 4 is 0 Å². The van der Waals surface area contributed by atoms with Crippen LogP contribution in [0.5, 0.6) is 0 Å². The second-order valence-corrected chi connectivity index (χ2v) is 3.37. The molecule has 0 nitrogen and oxygen atoms in total. The largest absolute Gasteiger partial charge is 0.269 e. The zero-order chi connectivity index (χ0) is 5.98. The first kappa shape index (κ1) is 8.93. The highest BCUT2D eigenvalue weighted by Crippen LogP contribution is 2.27. The smallest absolute Gasteiger partial charge is 0.0443 e. The molecule has 0 spiro atoms. The van der Waals surface area contributed by atoms with E-state index >= 15 is 0 Å². The van der Waals surface area contributed by atoms with Gasteiger partial charge < -0.3 is 0 Å². The maximum Gasteiger partial charge on any atom is -0.0443 e. The zero-order valence-corrected chi connectivity index (χ0v) is 6.39. The van der Waals surface area contributed by atoms with Crippen molar-refractivity contribution in [2.45, 2.75) is 39.5 Å². The van der Waals surface area contributed by atoms with E-state index in [-0.39, 0.29) is 4.70 Å². The van der Waals surface area contributed by atoms with Gasteiger partial charge in [-0.05, 0) is 11.8 Å². The van der Waals surface area contributed by atoms with Crippen molar-refractivity contribution < 1.29 is 4.70 Å². The van der Waals surface area contributed by atoms with Crippen LogP contribution in [0, 0.1) is 11.8 Å². The molecule has 0 atom stereocenters. The topological polar surface area (TPSA) is 0 Å². The van der Waals surface area contributed by atoms with Crippen LogP contribution in [-0.4, -0.2) is 0 Å². The molecule has 1 saturated carbocycles. The minimum Gasteiger partial charge on any atom is -0.269 e. The van der Waals surface area contributed by atoms with E-state index in [1.54, 1.807) is 0 Å². The lowest BCUT2D eigenvalue weighted by Crippen LogP contribution is -2.08. The molecule has 0 aromatic rings. The fourth-order valence-corrected chi connectivity index (χ4v) is 1.43. The Morgan fingerprint density at radius 2 is 1.00 bits per heavy atom. The van der Waals surface area contributed by atoms with E-state index in [1.165, 1.54) is 25.7 Å². The molecule has 0 amide bonds. The van der Waals surface area contributed by atoms with Crippen molar-refractivity contribution in [2.24, 2.45) is 11.8 Å². The molecule has 0 aromatic heterocycles. The predicted molar refractivity (Wildman–Crippen MR) is 39.3 cm³/mol. The van der Waals surface area contributed by atoms with Crippen LogP contribution < -0.4 is 0 Å².